The number of hydrogen-bond donors (Lipinski definition) is 0. The molecule has 2 heterocycles. The van der Waals surface area contributed by atoms with Crippen molar-refractivity contribution in [3.05, 3.63) is 34.4 Å². The normalized spacial score (nSPS) is 22.2. The van der Waals surface area contributed by atoms with Crippen LogP contribution in [0.15, 0.2) is 29.2 Å². The van der Waals surface area contributed by atoms with Gasteiger partial charge in [0.2, 0.25) is 5.91 Å². The highest BCUT2D eigenvalue weighted by Gasteiger charge is 2.41. The topological polar surface area (TPSA) is 110 Å². The van der Waals surface area contributed by atoms with Crippen molar-refractivity contribution in [3.63, 3.8) is 0 Å². The van der Waals surface area contributed by atoms with Crippen LogP contribution in [0.3, 0.4) is 0 Å². The maximum absolute atomic E-state index is 13.1. The molecule has 2 aliphatic rings. The molecule has 3 rings (SSSR count). The van der Waals surface area contributed by atoms with Crippen LogP contribution < -0.4 is 0 Å². The van der Waals surface area contributed by atoms with E-state index in [9.17, 15) is 23.3 Å². The Balaban J connectivity index is 1.94. The van der Waals surface area contributed by atoms with Gasteiger partial charge in [-0.05, 0) is 18.9 Å². The number of ether oxygens (including phenoxy) is 1. The third-order valence-electron chi connectivity index (χ3n) is 4.71. The van der Waals surface area contributed by atoms with Crippen LogP contribution in [-0.4, -0.2) is 67.3 Å². The maximum atomic E-state index is 13.1. The average molecular weight is 383 g/mol. The summed E-state index contributed by atoms with van der Waals surface area (Å²) < 4.78 is 32.6. The molecular formula is C16H21N3O6S. The highest BCUT2D eigenvalue weighted by Crippen LogP contribution is 2.31. The highest BCUT2D eigenvalue weighted by atomic mass is 32.2. The number of rotatable bonds is 4. The number of hydrogen-bond acceptors (Lipinski definition) is 6. The number of benzene rings is 1. The lowest BCUT2D eigenvalue weighted by Gasteiger charge is -2.37. The first-order chi connectivity index (χ1) is 12.4. The van der Waals surface area contributed by atoms with E-state index in [0.717, 1.165) is 16.8 Å². The monoisotopic (exact) mass is 383 g/mol. The Kier molecular flexibility index (Phi) is 5.54. The predicted octanol–water partition coefficient (Wildman–Crippen LogP) is 0.997. The van der Waals surface area contributed by atoms with Crippen molar-refractivity contribution in [1.82, 2.24) is 9.21 Å². The van der Waals surface area contributed by atoms with E-state index >= 15 is 0 Å². The molecule has 0 spiro atoms. The Bertz CT molecular complexity index is 791. The zero-order chi connectivity index (χ0) is 18.7. The summed E-state index contributed by atoms with van der Waals surface area (Å²) >= 11 is 0. The molecule has 9 nitrogen and oxygen atoms in total. The van der Waals surface area contributed by atoms with Gasteiger partial charge in [0.25, 0.3) is 15.7 Å². The lowest BCUT2D eigenvalue weighted by atomic mass is 10.0. The van der Waals surface area contributed by atoms with E-state index in [2.05, 4.69) is 0 Å². The fourth-order valence-electron chi connectivity index (χ4n) is 3.39. The first-order valence-electron chi connectivity index (χ1n) is 8.55. The van der Waals surface area contributed by atoms with Crippen molar-refractivity contribution in [3.8, 4) is 0 Å². The van der Waals surface area contributed by atoms with Gasteiger partial charge in [-0.1, -0.05) is 18.6 Å². The van der Waals surface area contributed by atoms with Gasteiger partial charge in [-0.15, -0.1) is 0 Å². The molecule has 0 aliphatic carbocycles. The molecule has 142 valence electrons. The van der Waals surface area contributed by atoms with Gasteiger partial charge in [0.05, 0.1) is 18.1 Å². The fourth-order valence-corrected chi connectivity index (χ4v) is 5.20. The second-order valence-electron chi connectivity index (χ2n) is 6.29. The van der Waals surface area contributed by atoms with E-state index in [0.29, 0.717) is 39.1 Å². The van der Waals surface area contributed by atoms with Crippen molar-refractivity contribution in [2.45, 2.75) is 30.2 Å². The number of piperidine rings is 1. The van der Waals surface area contributed by atoms with Crippen LogP contribution in [0.2, 0.25) is 0 Å². The van der Waals surface area contributed by atoms with Crippen LogP contribution in [0.25, 0.3) is 0 Å². The van der Waals surface area contributed by atoms with Gasteiger partial charge in [0, 0.05) is 25.7 Å². The molecule has 0 N–H and O–H groups in total. The molecule has 1 aromatic carbocycles. The van der Waals surface area contributed by atoms with Crippen LogP contribution >= 0.6 is 0 Å². The number of carbonyl (C=O) groups excluding carboxylic acids is 1. The molecule has 2 fully saturated rings. The molecule has 10 heteroatoms. The van der Waals surface area contributed by atoms with Gasteiger partial charge in [-0.25, -0.2) is 8.42 Å². The van der Waals surface area contributed by atoms with Gasteiger partial charge in [0.15, 0.2) is 4.90 Å². The summed E-state index contributed by atoms with van der Waals surface area (Å²) in [4.78, 5) is 24.7. The van der Waals surface area contributed by atoms with Gasteiger partial charge < -0.3 is 9.64 Å². The number of sulfonamides is 1. The van der Waals surface area contributed by atoms with E-state index < -0.39 is 26.7 Å². The minimum absolute atomic E-state index is 0.176. The van der Waals surface area contributed by atoms with E-state index in [1.54, 1.807) is 4.90 Å². The van der Waals surface area contributed by atoms with Crippen LogP contribution in [0, 0.1) is 10.1 Å². The second-order valence-corrected chi connectivity index (χ2v) is 8.15. The number of morpholine rings is 1. The molecule has 1 amide bonds. The van der Waals surface area contributed by atoms with Gasteiger partial charge >= 0.3 is 0 Å². The Morgan fingerprint density at radius 3 is 2.54 bits per heavy atom. The Hall–Kier alpha value is -2.04. The minimum Gasteiger partial charge on any atom is -0.378 e. The Morgan fingerprint density at radius 2 is 1.85 bits per heavy atom. The maximum Gasteiger partial charge on any atom is 0.289 e. The minimum atomic E-state index is -4.16. The number of carbonyl (C=O) groups is 1. The van der Waals surface area contributed by atoms with Gasteiger partial charge in [0.1, 0.15) is 6.04 Å². The molecule has 2 aliphatic heterocycles. The number of amides is 1. The lowest BCUT2D eigenvalue weighted by Crippen LogP contribution is -2.55. The number of para-hydroxylation sites is 1. The quantitative estimate of drug-likeness (QED) is 0.567. The Labute approximate surface area is 151 Å². The predicted molar refractivity (Wildman–Crippen MR) is 92.0 cm³/mol. The SMILES string of the molecule is O=C([C@@H]1CCCCN1S(=O)(=O)c1ccccc1[N+](=O)[O-])N1CCOCC1. The van der Waals surface area contributed by atoms with E-state index in [1.165, 1.54) is 18.2 Å². The van der Waals surface area contributed by atoms with Crippen LogP contribution in [0.1, 0.15) is 19.3 Å². The van der Waals surface area contributed by atoms with Crippen LogP contribution in [0.4, 0.5) is 5.69 Å². The van der Waals surface area contributed by atoms with Crippen molar-refractivity contribution in [2.75, 3.05) is 32.8 Å². The van der Waals surface area contributed by atoms with Gasteiger partial charge in [-0.3, -0.25) is 14.9 Å². The van der Waals surface area contributed by atoms with Crippen LogP contribution in [0.5, 0.6) is 0 Å². The molecule has 1 atom stereocenters. The smallest absolute Gasteiger partial charge is 0.289 e. The third kappa shape index (κ3) is 3.57. The summed E-state index contributed by atoms with van der Waals surface area (Å²) in [6.07, 6.45) is 1.77. The van der Waals surface area contributed by atoms with Crippen molar-refractivity contribution in [2.24, 2.45) is 0 Å². The standard InChI is InChI=1S/C16H21N3O6S/c20-16(17-9-11-25-12-10-17)14-6-3-4-8-18(14)26(23,24)15-7-2-1-5-13(15)19(21)22/h1-2,5,7,14H,3-4,6,8-12H2/t14-/m0/s1. The summed E-state index contributed by atoms with van der Waals surface area (Å²) in [7, 11) is -4.16. The molecule has 2 saturated heterocycles. The zero-order valence-electron chi connectivity index (χ0n) is 14.2. The lowest BCUT2D eigenvalue weighted by molar-refractivity contribution is -0.387. The molecule has 26 heavy (non-hydrogen) atoms. The number of nitrogens with zero attached hydrogens (tertiary/aromatic N) is 3. The summed E-state index contributed by atoms with van der Waals surface area (Å²) in [5, 5.41) is 11.2. The van der Waals surface area contributed by atoms with E-state index in [-0.39, 0.29) is 17.3 Å². The fraction of sp³-hybridized carbons (Fsp3) is 0.562. The van der Waals surface area contributed by atoms with Crippen LogP contribution in [-0.2, 0) is 19.6 Å². The van der Waals surface area contributed by atoms with Gasteiger partial charge in [-0.2, -0.15) is 4.31 Å². The first-order valence-corrected chi connectivity index (χ1v) is 9.99. The summed E-state index contributed by atoms with van der Waals surface area (Å²) in [5.74, 6) is -0.254. The molecule has 1 aromatic rings. The molecule has 0 aromatic heterocycles. The molecule has 0 unspecified atom stereocenters. The molecule has 0 bridgehead atoms. The molecule has 0 saturated carbocycles. The van der Waals surface area contributed by atoms with E-state index in [1.807, 2.05) is 0 Å². The largest absolute Gasteiger partial charge is 0.378 e. The molecular weight excluding hydrogens is 362 g/mol. The van der Waals surface area contributed by atoms with Crippen molar-refractivity contribution in [1.29, 1.82) is 0 Å². The Morgan fingerprint density at radius 1 is 1.15 bits per heavy atom. The van der Waals surface area contributed by atoms with Crippen molar-refractivity contribution >= 4 is 21.6 Å². The second kappa shape index (κ2) is 7.68. The average Bonchev–Trinajstić information content (AvgIpc) is 2.68. The third-order valence-corrected chi connectivity index (χ3v) is 6.67. The summed E-state index contributed by atoms with van der Waals surface area (Å²) in [5.41, 5.74) is -0.476. The summed E-state index contributed by atoms with van der Waals surface area (Å²) in [6, 6.07) is 4.42. The molecule has 0 radical (unpaired) electrons. The van der Waals surface area contributed by atoms with E-state index in [4.69, 9.17) is 4.74 Å². The number of nitro benzene ring substituents is 1. The van der Waals surface area contributed by atoms with Crippen molar-refractivity contribution < 1.29 is 22.9 Å². The number of nitro groups is 1. The zero-order valence-corrected chi connectivity index (χ0v) is 15.1. The summed E-state index contributed by atoms with van der Waals surface area (Å²) in [6.45, 7) is 1.88. The first kappa shape index (κ1) is 18.7. The highest BCUT2D eigenvalue weighted by molar-refractivity contribution is 7.89.